The minimum absolute atomic E-state index is 0.0748. The molecule has 3 aromatic rings. The molecule has 0 spiro atoms. The standard InChI is InChI=1S/C22H23N3O2S/c1-22(2)16-7-5-6-8-19(16)25(3)20(22)11-14(26)13-28-21-23-17-10-9-15(27-4)12-18(17)24-21/h5-12H,13H2,1-4H3,(H,23,24)/b20-11+. The van der Waals surface area contributed by atoms with Gasteiger partial charge in [0.25, 0.3) is 0 Å². The van der Waals surface area contributed by atoms with E-state index in [2.05, 4.69) is 40.8 Å². The minimum atomic E-state index is -0.193. The van der Waals surface area contributed by atoms with Crippen molar-refractivity contribution >= 4 is 34.3 Å². The van der Waals surface area contributed by atoms with E-state index in [9.17, 15) is 4.79 Å². The number of benzene rings is 2. The Morgan fingerprint density at radius 3 is 2.82 bits per heavy atom. The zero-order valence-corrected chi connectivity index (χ0v) is 17.3. The number of anilines is 1. The monoisotopic (exact) mass is 393 g/mol. The first-order chi connectivity index (χ1) is 13.4. The lowest BCUT2D eigenvalue weighted by atomic mass is 9.83. The number of carbonyl (C=O) groups excluding carboxylic acids is 1. The summed E-state index contributed by atoms with van der Waals surface area (Å²) in [5.74, 6) is 1.19. The van der Waals surface area contributed by atoms with Gasteiger partial charge in [0.15, 0.2) is 10.9 Å². The molecule has 1 aliphatic heterocycles. The molecule has 5 nitrogen and oxygen atoms in total. The van der Waals surface area contributed by atoms with Gasteiger partial charge in [-0.3, -0.25) is 4.79 Å². The van der Waals surface area contributed by atoms with Crippen molar-refractivity contribution in [2.24, 2.45) is 0 Å². The normalized spacial score (nSPS) is 16.6. The number of fused-ring (bicyclic) bond motifs is 2. The number of aromatic amines is 1. The van der Waals surface area contributed by atoms with Crippen molar-refractivity contribution in [2.45, 2.75) is 24.4 Å². The molecule has 0 amide bonds. The third-order valence-electron chi connectivity index (χ3n) is 5.26. The van der Waals surface area contributed by atoms with E-state index in [0.717, 1.165) is 33.3 Å². The molecule has 2 aromatic carbocycles. The second-order valence-corrected chi connectivity index (χ2v) is 8.37. The Bertz CT molecular complexity index is 1080. The van der Waals surface area contributed by atoms with Crippen LogP contribution in [0.3, 0.4) is 0 Å². The van der Waals surface area contributed by atoms with E-state index >= 15 is 0 Å². The smallest absolute Gasteiger partial charge is 0.167 e. The van der Waals surface area contributed by atoms with E-state index in [-0.39, 0.29) is 11.2 Å². The molecule has 28 heavy (non-hydrogen) atoms. The summed E-state index contributed by atoms with van der Waals surface area (Å²) in [6.45, 7) is 4.32. The molecule has 0 bridgehead atoms. The number of aromatic nitrogens is 2. The fourth-order valence-electron chi connectivity index (χ4n) is 3.75. The predicted octanol–water partition coefficient (Wildman–Crippen LogP) is 4.54. The molecule has 0 saturated carbocycles. The number of ketones is 1. The number of hydrogen-bond donors (Lipinski definition) is 1. The molecule has 4 rings (SSSR count). The fourth-order valence-corrected chi connectivity index (χ4v) is 4.46. The highest BCUT2D eigenvalue weighted by Crippen LogP contribution is 2.46. The van der Waals surface area contributed by atoms with Gasteiger partial charge in [-0.1, -0.05) is 43.8 Å². The van der Waals surface area contributed by atoms with Crippen LogP contribution in [0.25, 0.3) is 11.0 Å². The number of nitrogens with zero attached hydrogens (tertiary/aromatic N) is 2. The molecule has 0 radical (unpaired) electrons. The summed E-state index contributed by atoms with van der Waals surface area (Å²) in [5, 5.41) is 0.734. The first-order valence-electron chi connectivity index (χ1n) is 9.15. The topological polar surface area (TPSA) is 58.2 Å². The van der Waals surface area contributed by atoms with E-state index in [4.69, 9.17) is 4.74 Å². The van der Waals surface area contributed by atoms with Crippen LogP contribution in [0, 0.1) is 0 Å². The number of allylic oxidation sites excluding steroid dienone is 2. The van der Waals surface area contributed by atoms with Crippen molar-refractivity contribution in [1.29, 1.82) is 0 Å². The number of imidazole rings is 1. The van der Waals surface area contributed by atoms with Gasteiger partial charge in [-0.05, 0) is 23.8 Å². The number of likely N-dealkylation sites (N-methyl/N-ethyl adjacent to an activating group) is 1. The van der Waals surface area contributed by atoms with Gasteiger partial charge >= 0.3 is 0 Å². The summed E-state index contributed by atoms with van der Waals surface area (Å²) in [6, 6.07) is 14.0. The fraction of sp³-hybridized carbons (Fsp3) is 0.273. The molecule has 0 saturated heterocycles. The van der Waals surface area contributed by atoms with Crippen molar-refractivity contribution in [1.82, 2.24) is 9.97 Å². The van der Waals surface area contributed by atoms with Crippen molar-refractivity contribution < 1.29 is 9.53 Å². The zero-order chi connectivity index (χ0) is 19.9. The molecule has 144 valence electrons. The Labute approximate surface area is 168 Å². The average molecular weight is 394 g/mol. The van der Waals surface area contributed by atoms with Gasteiger partial charge < -0.3 is 14.6 Å². The minimum Gasteiger partial charge on any atom is -0.497 e. The van der Waals surface area contributed by atoms with Crippen LogP contribution in [-0.2, 0) is 10.2 Å². The van der Waals surface area contributed by atoms with Gasteiger partial charge in [0.05, 0.1) is 23.9 Å². The lowest BCUT2D eigenvalue weighted by Gasteiger charge is -2.23. The molecule has 1 aromatic heterocycles. The molecule has 2 heterocycles. The number of ether oxygens (including phenoxy) is 1. The van der Waals surface area contributed by atoms with Crippen LogP contribution in [0.15, 0.2) is 59.4 Å². The van der Waals surface area contributed by atoms with Crippen molar-refractivity contribution in [3.8, 4) is 5.75 Å². The summed E-state index contributed by atoms with van der Waals surface area (Å²) in [4.78, 5) is 22.6. The summed E-state index contributed by atoms with van der Waals surface area (Å²) >= 11 is 1.42. The van der Waals surface area contributed by atoms with Gasteiger partial charge in [-0.15, -0.1) is 0 Å². The molecular weight excluding hydrogens is 370 g/mol. The Morgan fingerprint density at radius 2 is 2.07 bits per heavy atom. The van der Waals surface area contributed by atoms with Gasteiger partial charge in [0, 0.05) is 36.0 Å². The molecular formula is C22H23N3O2S. The average Bonchev–Trinajstić information content (AvgIpc) is 3.18. The van der Waals surface area contributed by atoms with E-state index < -0.39 is 0 Å². The first-order valence-corrected chi connectivity index (χ1v) is 10.1. The lowest BCUT2D eigenvalue weighted by Crippen LogP contribution is -2.24. The summed E-state index contributed by atoms with van der Waals surface area (Å²) < 4.78 is 5.24. The number of carbonyl (C=O) groups is 1. The van der Waals surface area contributed by atoms with Crippen LogP contribution in [0.1, 0.15) is 19.4 Å². The number of rotatable bonds is 5. The maximum Gasteiger partial charge on any atom is 0.167 e. The first kappa shape index (κ1) is 18.6. The van der Waals surface area contributed by atoms with Crippen molar-refractivity contribution in [3.05, 3.63) is 59.8 Å². The number of nitrogens with one attached hydrogen (secondary N) is 1. The molecule has 6 heteroatoms. The Kier molecular flexibility index (Phi) is 4.67. The number of hydrogen-bond acceptors (Lipinski definition) is 5. The highest BCUT2D eigenvalue weighted by molar-refractivity contribution is 7.99. The number of para-hydroxylation sites is 1. The summed E-state index contributed by atoms with van der Waals surface area (Å²) in [5.41, 5.74) is 5.00. The predicted molar refractivity (Wildman–Crippen MR) is 114 cm³/mol. The van der Waals surface area contributed by atoms with Crippen LogP contribution in [0.4, 0.5) is 5.69 Å². The summed E-state index contributed by atoms with van der Waals surface area (Å²) in [6.07, 6.45) is 1.78. The van der Waals surface area contributed by atoms with E-state index in [1.807, 2.05) is 37.4 Å². The van der Waals surface area contributed by atoms with Crippen LogP contribution in [0.2, 0.25) is 0 Å². The second kappa shape index (κ2) is 7.02. The van der Waals surface area contributed by atoms with Crippen LogP contribution >= 0.6 is 11.8 Å². The number of methoxy groups -OCH3 is 1. The largest absolute Gasteiger partial charge is 0.497 e. The van der Waals surface area contributed by atoms with Crippen LogP contribution < -0.4 is 9.64 Å². The third-order valence-corrected chi connectivity index (χ3v) is 6.15. The van der Waals surface area contributed by atoms with E-state index in [1.54, 1.807) is 13.2 Å². The number of H-pyrrole nitrogens is 1. The lowest BCUT2D eigenvalue weighted by molar-refractivity contribution is -0.112. The van der Waals surface area contributed by atoms with Crippen LogP contribution in [0.5, 0.6) is 5.75 Å². The van der Waals surface area contributed by atoms with E-state index in [0.29, 0.717) is 5.75 Å². The van der Waals surface area contributed by atoms with E-state index in [1.165, 1.54) is 17.3 Å². The van der Waals surface area contributed by atoms with Crippen molar-refractivity contribution in [3.63, 3.8) is 0 Å². The van der Waals surface area contributed by atoms with Gasteiger partial charge in [-0.25, -0.2) is 4.98 Å². The quantitative estimate of drug-likeness (QED) is 0.509. The molecule has 0 atom stereocenters. The van der Waals surface area contributed by atoms with Crippen molar-refractivity contribution in [2.75, 3.05) is 24.8 Å². The molecule has 0 fully saturated rings. The molecule has 1 aliphatic rings. The second-order valence-electron chi connectivity index (χ2n) is 7.41. The van der Waals surface area contributed by atoms with Gasteiger partial charge in [-0.2, -0.15) is 0 Å². The SMILES string of the molecule is COc1ccc2nc(SCC(=O)/C=C3/N(C)c4ccccc4C3(C)C)[nH]c2c1. The highest BCUT2D eigenvalue weighted by atomic mass is 32.2. The zero-order valence-electron chi connectivity index (χ0n) is 16.4. The van der Waals surface area contributed by atoms with Gasteiger partial charge in [0.2, 0.25) is 0 Å². The number of thioether (sulfide) groups is 1. The third kappa shape index (κ3) is 3.18. The molecule has 0 aliphatic carbocycles. The molecule has 0 unspecified atom stereocenters. The maximum atomic E-state index is 12.7. The highest BCUT2D eigenvalue weighted by Gasteiger charge is 2.38. The maximum absolute atomic E-state index is 12.7. The Hall–Kier alpha value is -2.73. The Balaban J connectivity index is 1.50. The van der Waals surface area contributed by atoms with Crippen LogP contribution in [-0.4, -0.2) is 35.7 Å². The van der Waals surface area contributed by atoms with Gasteiger partial charge in [0.1, 0.15) is 5.75 Å². The summed E-state index contributed by atoms with van der Waals surface area (Å²) in [7, 11) is 3.66. The molecule has 1 N–H and O–H groups in total. The Morgan fingerprint density at radius 1 is 1.29 bits per heavy atom.